The predicted octanol–water partition coefficient (Wildman–Crippen LogP) is 6.81. The van der Waals surface area contributed by atoms with Crippen LogP contribution in [0, 0.1) is 13.8 Å². The van der Waals surface area contributed by atoms with Crippen LogP contribution < -0.4 is 10.4 Å². The minimum Gasteiger partial charge on any atom is -0.0642 e. The zero-order valence-corrected chi connectivity index (χ0v) is 20.4. The third-order valence-corrected chi connectivity index (χ3v) is 11.2. The van der Waals surface area contributed by atoms with Gasteiger partial charge in [0.15, 0.2) is 0 Å². The number of hydrogen-bond donors (Lipinski definition) is 0. The van der Waals surface area contributed by atoms with Crippen molar-refractivity contribution in [3.8, 4) is 11.1 Å². The Morgan fingerprint density at radius 3 is 2.23 bits per heavy atom. The summed E-state index contributed by atoms with van der Waals surface area (Å²) < 4.78 is 0. The van der Waals surface area contributed by atoms with E-state index in [0.717, 1.165) is 0 Å². The van der Waals surface area contributed by atoms with Crippen molar-refractivity contribution in [2.75, 3.05) is 0 Å². The van der Waals surface area contributed by atoms with Gasteiger partial charge in [0.2, 0.25) is 0 Å². The number of benzene rings is 3. The molecule has 0 fully saturated rings. The molecule has 2 aliphatic carbocycles. The predicted molar refractivity (Wildman–Crippen MR) is 137 cm³/mol. The first kappa shape index (κ1) is 19.1. The molecule has 3 aliphatic rings. The molecule has 6 rings (SSSR count). The molecule has 2 unspecified atom stereocenters. The van der Waals surface area contributed by atoms with E-state index in [9.17, 15) is 0 Å². The molecule has 0 saturated carbocycles. The lowest BCUT2D eigenvalue weighted by atomic mass is 9.75. The van der Waals surface area contributed by atoms with E-state index in [1.54, 1.807) is 21.5 Å². The number of rotatable bonds is 2. The molecule has 0 aromatic heterocycles. The summed E-state index contributed by atoms with van der Waals surface area (Å²) in [4.78, 5) is 0. The summed E-state index contributed by atoms with van der Waals surface area (Å²) in [5, 5.41) is 3.37. The Balaban J connectivity index is 1.62. The smallest absolute Gasteiger partial charge is 0.0642 e. The second kappa shape index (κ2) is 6.20. The Hall–Kier alpha value is -2.64. The largest absolute Gasteiger partial charge is 0.112 e. The van der Waals surface area contributed by atoms with Gasteiger partial charge >= 0.3 is 0 Å². The molecule has 1 aliphatic heterocycles. The summed E-state index contributed by atoms with van der Waals surface area (Å²) in [5.74, 6) is 0.870. The maximum atomic E-state index is 2.54. The molecule has 0 nitrogen and oxygen atoms in total. The first-order valence-corrected chi connectivity index (χ1v) is 14.5. The van der Waals surface area contributed by atoms with E-state index >= 15 is 0 Å². The van der Waals surface area contributed by atoms with Gasteiger partial charge in [0.25, 0.3) is 0 Å². The van der Waals surface area contributed by atoms with Gasteiger partial charge in [-0.05, 0) is 71.8 Å². The van der Waals surface area contributed by atoms with Crippen LogP contribution in [0.1, 0.15) is 59.1 Å². The summed E-state index contributed by atoms with van der Waals surface area (Å²) in [6, 6.07) is 18.5. The van der Waals surface area contributed by atoms with Crippen LogP contribution in [-0.4, -0.2) is 8.07 Å². The summed E-state index contributed by atoms with van der Waals surface area (Å²) >= 11 is 0. The van der Waals surface area contributed by atoms with Gasteiger partial charge in [0, 0.05) is 11.8 Å². The third kappa shape index (κ3) is 2.53. The van der Waals surface area contributed by atoms with Crippen molar-refractivity contribution in [1.82, 2.24) is 0 Å². The van der Waals surface area contributed by atoms with Crippen LogP contribution >= 0.6 is 0 Å². The summed E-state index contributed by atoms with van der Waals surface area (Å²) in [5.41, 5.74) is 14.8. The zero-order chi connectivity index (χ0) is 21.7. The Morgan fingerprint density at radius 2 is 1.48 bits per heavy atom. The molecular formula is C30H30Si. The third-order valence-electron chi connectivity index (χ3n) is 7.98. The fraction of sp³-hybridized carbons (Fsp3) is 0.267. The molecule has 0 saturated heterocycles. The van der Waals surface area contributed by atoms with Gasteiger partial charge in [-0.25, -0.2) is 0 Å². The Labute approximate surface area is 187 Å². The molecule has 0 amide bonds. The maximum absolute atomic E-state index is 2.54. The number of allylic oxidation sites excluding steroid dienone is 2. The summed E-state index contributed by atoms with van der Waals surface area (Å²) in [6.07, 6.45) is 4.94. The van der Waals surface area contributed by atoms with Gasteiger partial charge in [-0.3, -0.25) is 0 Å². The molecule has 31 heavy (non-hydrogen) atoms. The highest BCUT2D eigenvalue weighted by molar-refractivity contribution is 7.16. The molecule has 1 heteroatoms. The zero-order valence-electron chi connectivity index (χ0n) is 19.4. The van der Waals surface area contributed by atoms with Crippen molar-refractivity contribution in [1.29, 1.82) is 0 Å². The average Bonchev–Trinajstić information content (AvgIpc) is 2.97. The van der Waals surface area contributed by atoms with Gasteiger partial charge in [-0.1, -0.05) is 95.7 Å². The van der Waals surface area contributed by atoms with Crippen LogP contribution in [-0.2, 0) is 0 Å². The van der Waals surface area contributed by atoms with E-state index in [2.05, 4.69) is 101 Å². The van der Waals surface area contributed by atoms with Crippen molar-refractivity contribution in [3.63, 3.8) is 0 Å². The topological polar surface area (TPSA) is 0 Å². The lowest BCUT2D eigenvalue weighted by Crippen LogP contribution is -2.19. The van der Waals surface area contributed by atoms with Crippen LogP contribution in [0.5, 0.6) is 0 Å². The van der Waals surface area contributed by atoms with Crippen LogP contribution in [0.15, 0.2) is 59.7 Å². The van der Waals surface area contributed by atoms with Crippen molar-refractivity contribution in [2.24, 2.45) is 0 Å². The highest BCUT2D eigenvalue weighted by Crippen LogP contribution is 2.55. The van der Waals surface area contributed by atoms with Gasteiger partial charge in [0.1, 0.15) is 8.07 Å². The van der Waals surface area contributed by atoms with Crippen LogP contribution in [0.4, 0.5) is 0 Å². The summed E-state index contributed by atoms with van der Waals surface area (Å²) in [6.45, 7) is 14.3. The van der Waals surface area contributed by atoms with Crippen molar-refractivity contribution in [3.05, 3.63) is 93.1 Å². The quantitative estimate of drug-likeness (QED) is 0.401. The SMILES string of the molecule is CC1=Cc2c(C)cc(C)cc2C1C1C(C)=Cc2cc3c(c(-c4ccccc4)c21)[Si]3(C)C. The first-order chi connectivity index (χ1) is 14.8. The molecule has 154 valence electrons. The van der Waals surface area contributed by atoms with Crippen molar-refractivity contribution >= 4 is 30.6 Å². The molecule has 1 heterocycles. The molecule has 0 spiro atoms. The lowest BCUT2D eigenvalue weighted by Gasteiger charge is -2.28. The summed E-state index contributed by atoms with van der Waals surface area (Å²) in [7, 11) is -1.41. The van der Waals surface area contributed by atoms with Crippen LogP contribution in [0.3, 0.4) is 0 Å². The molecule has 3 aromatic rings. The highest BCUT2D eigenvalue weighted by atomic mass is 28.3. The Morgan fingerprint density at radius 1 is 0.774 bits per heavy atom. The maximum Gasteiger partial charge on any atom is 0.112 e. The Kier molecular flexibility index (Phi) is 3.82. The molecule has 3 aromatic carbocycles. The van der Waals surface area contributed by atoms with E-state index in [0.29, 0.717) is 11.8 Å². The van der Waals surface area contributed by atoms with E-state index in [-0.39, 0.29) is 0 Å². The van der Waals surface area contributed by atoms with E-state index in [4.69, 9.17) is 0 Å². The second-order valence-electron chi connectivity index (χ2n) is 10.5. The number of fused-ring (bicyclic) bond motifs is 3. The van der Waals surface area contributed by atoms with Gasteiger partial charge in [0.05, 0.1) is 0 Å². The number of aryl methyl sites for hydroxylation is 2. The molecule has 0 N–H and O–H groups in total. The molecule has 2 atom stereocenters. The fourth-order valence-corrected chi connectivity index (χ4v) is 9.90. The normalized spacial score (nSPS) is 21.9. The second-order valence-corrected chi connectivity index (χ2v) is 14.8. The first-order valence-electron chi connectivity index (χ1n) is 11.5. The fourth-order valence-electron chi connectivity index (χ4n) is 6.53. The van der Waals surface area contributed by atoms with E-state index in [1.807, 2.05) is 0 Å². The minimum atomic E-state index is -1.41. The van der Waals surface area contributed by atoms with E-state index < -0.39 is 8.07 Å². The monoisotopic (exact) mass is 418 g/mol. The minimum absolute atomic E-state index is 0.430. The van der Waals surface area contributed by atoms with Gasteiger partial charge in [-0.2, -0.15) is 0 Å². The van der Waals surface area contributed by atoms with Gasteiger partial charge in [-0.15, -0.1) is 0 Å². The molecular weight excluding hydrogens is 388 g/mol. The average molecular weight is 419 g/mol. The van der Waals surface area contributed by atoms with Gasteiger partial charge < -0.3 is 0 Å². The van der Waals surface area contributed by atoms with Crippen LogP contribution in [0.25, 0.3) is 23.3 Å². The number of hydrogen-bond acceptors (Lipinski definition) is 0. The highest BCUT2D eigenvalue weighted by Gasteiger charge is 2.50. The van der Waals surface area contributed by atoms with E-state index in [1.165, 1.54) is 44.5 Å². The van der Waals surface area contributed by atoms with Crippen LogP contribution in [0.2, 0.25) is 13.1 Å². The molecule has 0 radical (unpaired) electrons. The lowest BCUT2D eigenvalue weighted by molar-refractivity contribution is 0.693. The molecule has 0 bridgehead atoms. The standard InChI is InChI=1S/C30H30Si/c1-17-12-18(2)23-15-20(4)26(24(23)13-17)27-19(3)14-22-16-25-30(31(25,5)6)29(28(22)27)21-10-8-7-9-11-21/h7-16,26-27H,1-6H3. The van der Waals surface area contributed by atoms with Crippen molar-refractivity contribution in [2.45, 2.75) is 52.6 Å². The Bertz CT molecular complexity index is 1330. The van der Waals surface area contributed by atoms with Crippen molar-refractivity contribution < 1.29 is 0 Å².